The average molecular weight is 296 g/mol. The summed E-state index contributed by atoms with van der Waals surface area (Å²) in [5, 5.41) is 8.37. The number of anilines is 2. The molecule has 1 aromatic heterocycles. The Morgan fingerprint density at radius 3 is 2.27 bits per heavy atom. The highest BCUT2D eigenvalue weighted by Gasteiger charge is 2.23. The molecule has 2 aromatic rings. The maximum absolute atomic E-state index is 12.0. The molecule has 6 nitrogen and oxygen atoms in total. The molecule has 3 N–H and O–H groups in total. The fourth-order valence-corrected chi connectivity index (χ4v) is 1.92. The van der Waals surface area contributed by atoms with Gasteiger partial charge in [0, 0.05) is 29.8 Å². The van der Waals surface area contributed by atoms with Crippen molar-refractivity contribution < 1.29 is 9.59 Å². The molecule has 3 rings (SSSR count). The van der Waals surface area contributed by atoms with Crippen molar-refractivity contribution in [2.24, 2.45) is 0 Å². The van der Waals surface area contributed by atoms with Gasteiger partial charge in [-0.1, -0.05) is 0 Å². The second-order valence-corrected chi connectivity index (χ2v) is 5.15. The Balaban J connectivity index is 1.56. The molecule has 112 valence electrons. The molecule has 6 heteroatoms. The Bertz CT molecular complexity index is 666. The van der Waals surface area contributed by atoms with E-state index >= 15 is 0 Å². The van der Waals surface area contributed by atoms with Crippen LogP contribution in [0, 0.1) is 0 Å². The number of hydrogen-bond donors (Lipinski definition) is 3. The molecule has 0 bridgehead atoms. The number of carbonyl (C=O) groups excluding carboxylic acids is 2. The summed E-state index contributed by atoms with van der Waals surface area (Å²) in [5.41, 5.74) is 1.83. The second-order valence-electron chi connectivity index (χ2n) is 5.15. The molecule has 0 saturated heterocycles. The van der Waals surface area contributed by atoms with E-state index in [0.29, 0.717) is 23.0 Å². The Morgan fingerprint density at radius 1 is 1.00 bits per heavy atom. The van der Waals surface area contributed by atoms with Crippen molar-refractivity contribution in [1.29, 1.82) is 0 Å². The number of pyridine rings is 1. The van der Waals surface area contributed by atoms with Crippen LogP contribution in [0.25, 0.3) is 0 Å². The summed E-state index contributed by atoms with van der Waals surface area (Å²) < 4.78 is 0. The van der Waals surface area contributed by atoms with Crippen LogP contribution in [0.4, 0.5) is 16.2 Å². The Morgan fingerprint density at radius 2 is 1.68 bits per heavy atom. The highest BCUT2D eigenvalue weighted by Crippen LogP contribution is 2.19. The number of benzene rings is 1. The van der Waals surface area contributed by atoms with E-state index < -0.39 is 0 Å². The van der Waals surface area contributed by atoms with Gasteiger partial charge in [-0.05, 0) is 49.2 Å². The van der Waals surface area contributed by atoms with E-state index in [2.05, 4.69) is 20.9 Å². The van der Waals surface area contributed by atoms with Gasteiger partial charge >= 0.3 is 6.03 Å². The van der Waals surface area contributed by atoms with E-state index in [1.807, 2.05) is 0 Å². The third-order valence-electron chi connectivity index (χ3n) is 3.24. The van der Waals surface area contributed by atoms with Crippen molar-refractivity contribution in [3.63, 3.8) is 0 Å². The maximum atomic E-state index is 12.0. The molecule has 1 fully saturated rings. The topological polar surface area (TPSA) is 83.1 Å². The van der Waals surface area contributed by atoms with Gasteiger partial charge in [-0.2, -0.15) is 0 Å². The fourth-order valence-electron chi connectivity index (χ4n) is 1.92. The summed E-state index contributed by atoms with van der Waals surface area (Å²) in [6.45, 7) is 0. The van der Waals surface area contributed by atoms with Crippen molar-refractivity contribution >= 4 is 23.3 Å². The number of amides is 3. The number of urea groups is 1. The van der Waals surface area contributed by atoms with Crippen molar-refractivity contribution in [2.75, 3.05) is 10.6 Å². The first kappa shape index (κ1) is 14.1. The highest BCUT2D eigenvalue weighted by molar-refractivity contribution is 6.04. The van der Waals surface area contributed by atoms with Crippen LogP contribution in [-0.2, 0) is 0 Å². The van der Waals surface area contributed by atoms with Crippen molar-refractivity contribution in [3.8, 4) is 0 Å². The molecule has 1 aliphatic rings. The third-order valence-corrected chi connectivity index (χ3v) is 3.24. The average Bonchev–Trinajstić information content (AvgIpc) is 3.34. The Hall–Kier alpha value is -2.89. The monoisotopic (exact) mass is 296 g/mol. The normalized spacial score (nSPS) is 13.3. The first-order valence-electron chi connectivity index (χ1n) is 7.10. The van der Waals surface area contributed by atoms with Crippen LogP contribution in [0.2, 0.25) is 0 Å². The van der Waals surface area contributed by atoms with Crippen LogP contribution in [0.5, 0.6) is 0 Å². The second kappa shape index (κ2) is 6.26. The van der Waals surface area contributed by atoms with E-state index in [4.69, 9.17) is 0 Å². The van der Waals surface area contributed by atoms with Crippen molar-refractivity contribution in [3.05, 3.63) is 54.4 Å². The van der Waals surface area contributed by atoms with Crippen LogP contribution < -0.4 is 16.0 Å². The van der Waals surface area contributed by atoms with Crippen LogP contribution in [0.3, 0.4) is 0 Å². The molecule has 1 heterocycles. The lowest BCUT2D eigenvalue weighted by molar-refractivity contribution is 0.102. The van der Waals surface area contributed by atoms with Gasteiger partial charge in [-0.25, -0.2) is 4.79 Å². The first-order valence-corrected chi connectivity index (χ1v) is 7.10. The standard InChI is InChI=1S/C16H16N4O2/c21-15(11-2-1-9-17-10-11)18-12-3-5-13(6-4-12)19-16(22)20-14-7-8-14/h1-6,9-10,14H,7-8H2,(H,18,21)(H2,19,20,22). The summed E-state index contributed by atoms with van der Waals surface area (Å²) in [6, 6.07) is 10.5. The van der Waals surface area contributed by atoms with Crippen LogP contribution in [0.1, 0.15) is 23.2 Å². The van der Waals surface area contributed by atoms with Gasteiger partial charge in [0.25, 0.3) is 5.91 Å². The predicted octanol–water partition coefficient (Wildman–Crippen LogP) is 2.62. The number of nitrogens with one attached hydrogen (secondary N) is 3. The van der Waals surface area contributed by atoms with Crippen molar-refractivity contribution in [1.82, 2.24) is 10.3 Å². The van der Waals surface area contributed by atoms with E-state index in [-0.39, 0.29) is 11.9 Å². The molecule has 1 aromatic carbocycles. The van der Waals surface area contributed by atoms with Crippen LogP contribution in [-0.4, -0.2) is 23.0 Å². The minimum Gasteiger partial charge on any atom is -0.335 e. The van der Waals surface area contributed by atoms with Gasteiger partial charge in [0.1, 0.15) is 0 Å². The zero-order valence-corrected chi connectivity index (χ0v) is 11.9. The lowest BCUT2D eigenvalue weighted by Crippen LogP contribution is -2.30. The lowest BCUT2D eigenvalue weighted by Gasteiger charge is -2.08. The van der Waals surface area contributed by atoms with E-state index in [1.54, 1.807) is 42.6 Å². The van der Waals surface area contributed by atoms with Gasteiger partial charge in [-0.3, -0.25) is 9.78 Å². The zero-order chi connectivity index (χ0) is 15.4. The van der Waals surface area contributed by atoms with Gasteiger partial charge in [0.15, 0.2) is 0 Å². The van der Waals surface area contributed by atoms with Crippen LogP contribution in [0.15, 0.2) is 48.8 Å². The van der Waals surface area contributed by atoms with Gasteiger partial charge < -0.3 is 16.0 Å². The van der Waals surface area contributed by atoms with Gasteiger partial charge in [0.2, 0.25) is 0 Å². The molecule has 0 unspecified atom stereocenters. The summed E-state index contributed by atoms with van der Waals surface area (Å²) in [7, 11) is 0. The highest BCUT2D eigenvalue weighted by atomic mass is 16.2. The molecule has 1 aliphatic carbocycles. The summed E-state index contributed by atoms with van der Waals surface area (Å²) in [4.78, 5) is 27.5. The smallest absolute Gasteiger partial charge is 0.319 e. The molecule has 0 radical (unpaired) electrons. The number of hydrogen-bond acceptors (Lipinski definition) is 3. The first-order chi connectivity index (χ1) is 10.7. The molecule has 22 heavy (non-hydrogen) atoms. The fraction of sp³-hybridized carbons (Fsp3) is 0.188. The number of aromatic nitrogens is 1. The molecule has 3 amide bonds. The Kier molecular flexibility index (Phi) is 4.00. The summed E-state index contributed by atoms with van der Waals surface area (Å²) in [5.74, 6) is -0.222. The molecule has 0 aliphatic heterocycles. The molecular weight excluding hydrogens is 280 g/mol. The van der Waals surface area contributed by atoms with E-state index in [1.165, 1.54) is 6.20 Å². The minimum absolute atomic E-state index is 0.199. The molecule has 1 saturated carbocycles. The van der Waals surface area contributed by atoms with Gasteiger partial charge in [0.05, 0.1) is 5.56 Å². The quantitative estimate of drug-likeness (QED) is 0.811. The van der Waals surface area contributed by atoms with Gasteiger partial charge in [-0.15, -0.1) is 0 Å². The number of carbonyl (C=O) groups is 2. The number of nitrogens with zero attached hydrogens (tertiary/aromatic N) is 1. The summed E-state index contributed by atoms with van der Waals surface area (Å²) >= 11 is 0. The van der Waals surface area contributed by atoms with Crippen molar-refractivity contribution in [2.45, 2.75) is 18.9 Å². The minimum atomic E-state index is -0.222. The molecule has 0 spiro atoms. The van der Waals surface area contributed by atoms with E-state index in [0.717, 1.165) is 12.8 Å². The maximum Gasteiger partial charge on any atom is 0.319 e. The lowest BCUT2D eigenvalue weighted by atomic mass is 10.2. The zero-order valence-electron chi connectivity index (χ0n) is 11.9. The van der Waals surface area contributed by atoms with Crippen LogP contribution >= 0.6 is 0 Å². The number of rotatable bonds is 4. The predicted molar refractivity (Wildman–Crippen MR) is 83.8 cm³/mol. The molecular formula is C16H16N4O2. The molecule has 0 atom stereocenters. The van der Waals surface area contributed by atoms with E-state index in [9.17, 15) is 9.59 Å². The third kappa shape index (κ3) is 3.82. The largest absolute Gasteiger partial charge is 0.335 e. The SMILES string of the molecule is O=C(Nc1ccc(NC(=O)c2cccnc2)cc1)NC1CC1. The Labute approximate surface area is 127 Å². The summed E-state index contributed by atoms with van der Waals surface area (Å²) in [6.07, 6.45) is 5.22.